The van der Waals surface area contributed by atoms with Gasteiger partial charge in [-0.2, -0.15) is 0 Å². The number of nitrogens with one attached hydrogen (secondary N) is 2. The second-order valence-electron chi connectivity index (χ2n) is 9.38. The first-order chi connectivity index (χ1) is 19.9. The third-order valence-corrected chi connectivity index (χ3v) is 7.46. The molecule has 0 saturated carbocycles. The average molecular weight is 565 g/mol. The van der Waals surface area contributed by atoms with Crippen molar-refractivity contribution in [2.45, 2.75) is 12.5 Å². The molecule has 4 aromatic carbocycles. The number of carbonyl (C=O) groups is 3. The van der Waals surface area contributed by atoms with Crippen molar-refractivity contribution in [2.24, 2.45) is 0 Å². The molecule has 0 aliphatic carbocycles. The number of rotatable bonds is 9. The molecule has 0 radical (unpaired) electrons. The lowest BCUT2D eigenvalue weighted by Crippen LogP contribution is -2.48. The minimum atomic E-state index is -0.849. The molecule has 9 heteroatoms. The molecular formula is C32H28N4O4S. The minimum absolute atomic E-state index is 0.268. The molecule has 5 aromatic rings. The van der Waals surface area contributed by atoms with Crippen LogP contribution in [0.5, 0.6) is 5.75 Å². The fraction of sp³-hybridized carbons (Fsp3) is 0.125. The van der Waals surface area contributed by atoms with Crippen LogP contribution in [-0.4, -0.2) is 42.9 Å². The number of fused-ring (bicyclic) bond motifs is 1. The summed E-state index contributed by atoms with van der Waals surface area (Å²) in [6.07, 6.45) is 0.298. The fourth-order valence-electron chi connectivity index (χ4n) is 4.39. The van der Waals surface area contributed by atoms with Gasteiger partial charge in [0.1, 0.15) is 11.8 Å². The van der Waals surface area contributed by atoms with Crippen molar-refractivity contribution in [3.63, 3.8) is 0 Å². The molecule has 0 bridgehead atoms. The Morgan fingerprint density at radius 2 is 1.61 bits per heavy atom. The summed E-state index contributed by atoms with van der Waals surface area (Å²) >= 11 is 1.53. The van der Waals surface area contributed by atoms with Crippen LogP contribution < -0.4 is 20.3 Å². The molecule has 0 unspecified atom stereocenters. The summed E-state index contributed by atoms with van der Waals surface area (Å²) < 4.78 is 6.18. The van der Waals surface area contributed by atoms with Gasteiger partial charge in [0.15, 0.2) is 0 Å². The Morgan fingerprint density at radius 3 is 2.34 bits per heavy atom. The normalized spacial score (nSPS) is 11.5. The van der Waals surface area contributed by atoms with Gasteiger partial charge in [-0.05, 0) is 66.2 Å². The predicted octanol–water partition coefficient (Wildman–Crippen LogP) is 5.56. The fourth-order valence-corrected chi connectivity index (χ4v) is 5.05. The van der Waals surface area contributed by atoms with Gasteiger partial charge in [0.2, 0.25) is 5.91 Å². The van der Waals surface area contributed by atoms with Crippen LogP contribution in [0.3, 0.4) is 0 Å². The molecule has 1 heterocycles. The molecule has 1 atom stereocenters. The van der Waals surface area contributed by atoms with Gasteiger partial charge in [-0.15, -0.1) is 11.3 Å². The highest BCUT2D eigenvalue weighted by atomic mass is 32.1. The first kappa shape index (κ1) is 27.5. The smallest absolute Gasteiger partial charge is 0.255 e. The van der Waals surface area contributed by atoms with Crippen LogP contribution in [0.15, 0.2) is 103 Å². The van der Waals surface area contributed by atoms with Crippen LogP contribution in [0.25, 0.3) is 10.2 Å². The quantitative estimate of drug-likeness (QED) is 0.244. The maximum Gasteiger partial charge on any atom is 0.255 e. The monoisotopic (exact) mass is 564 g/mol. The first-order valence-corrected chi connectivity index (χ1v) is 13.8. The average Bonchev–Trinajstić information content (AvgIpc) is 3.49. The number of carbonyl (C=O) groups excluding carboxylic acids is 3. The second-order valence-corrected chi connectivity index (χ2v) is 10.3. The Bertz CT molecular complexity index is 1690. The van der Waals surface area contributed by atoms with Gasteiger partial charge in [0.25, 0.3) is 11.8 Å². The topological polar surface area (TPSA) is 101 Å². The largest absolute Gasteiger partial charge is 0.497 e. The van der Waals surface area contributed by atoms with Crippen LogP contribution in [0.4, 0.5) is 11.4 Å². The maximum absolute atomic E-state index is 13.7. The van der Waals surface area contributed by atoms with Gasteiger partial charge in [-0.1, -0.05) is 36.4 Å². The second kappa shape index (κ2) is 12.4. The Morgan fingerprint density at radius 1 is 0.878 bits per heavy atom. The van der Waals surface area contributed by atoms with Crippen molar-refractivity contribution < 1.29 is 19.1 Å². The van der Waals surface area contributed by atoms with Crippen molar-refractivity contribution in [1.29, 1.82) is 0 Å². The van der Waals surface area contributed by atoms with Crippen LogP contribution in [0, 0.1) is 0 Å². The Hall–Kier alpha value is -5.02. The lowest BCUT2D eigenvalue weighted by Gasteiger charge is -2.25. The van der Waals surface area contributed by atoms with E-state index < -0.39 is 11.9 Å². The molecular weight excluding hydrogens is 536 g/mol. The lowest BCUT2D eigenvalue weighted by atomic mass is 10.0. The van der Waals surface area contributed by atoms with E-state index in [-0.39, 0.29) is 17.4 Å². The first-order valence-electron chi connectivity index (χ1n) is 12.9. The highest BCUT2D eigenvalue weighted by molar-refractivity contribution is 7.16. The molecule has 0 aliphatic rings. The number of methoxy groups -OCH3 is 1. The summed E-state index contributed by atoms with van der Waals surface area (Å²) in [6, 6.07) is 27.7. The Balaban J connectivity index is 1.34. The summed E-state index contributed by atoms with van der Waals surface area (Å²) in [5.74, 6) is -0.415. The number of anilines is 2. The number of ether oxygens (including phenoxy) is 1. The third-order valence-electron chi connectivity index (χ3n) is 6.65. The van der Waals surface area contributed by atoms with Gasteiger partial charge < -0.3 is 20.3 Å². The molecule has 1 aromatic heterocycles. The number of benzene rings is 4. The van der Waals surface area contributed by atoms with E-state index >= 15 is 0 Å². The number of hydrogen-bond donors (Lipinski definition) is 2. The highest BCUT2D eigenvalue weighted by Crippen LogP contribution is 2.24. The molecule has 41 heavy (non-hydrogen) atoms. The number of amides is 3. The van der Waals surface area contributed by atoms with Crippen LogP contribution in [-0.2, 0) is 11.2 Å². The zero-order chi connectivity index (χ0) is 28.8. The van der Waals surface area contributed by atoms with E-state index in [4.69, 9.17) is 4.74 Å². The molecule has 8 nitrogen and oxygen atoms in total. The van der Waals surface area contributed by atoms with E-state index in [0.29, 0.717) is 29.1 Å². The van der Waals surface area contributed by atoms with Crippen molar-refractivity contribution in [2.75, 3.05) is 24.4 Å². The summed E-state index contributed by atoms with van der Waals surface area (Å²) in [7, 11) is 3.26. The van der Waals surface area contributed by atoms with E-state index in [1.807, 2.05) is 48.5 Å². The Kier molecular flexibility index (Phi) is 8.36. The number of aromatic nitrogens is 1. The number of likely N-dealkylation sites (N-methyl/N-ethyl adjacent to an activating group) is 1. The van der Waals surface area contributed by atoms with Gasteiger partial charge in [0.05, 0.1) is 22.8 Å². The zero-order valence-corrected chi connectivity index (χ0v) is 23.4. The lowest BCUT2D eigenvalue weighted by molar-refractivity contribution is -0.120. The maximum atomic E-state index is 13.7. The SMILES string of the molecule is COc1ccc(NC(=O)c2cccc(C(=O)N[C@@H](Cc3ccccc3)C(=O)N(C)c3ccc4scnc4c3)c2)cc1. The van der Waals surface area contributed by atoms with Gasteiger partial charge in [-0.25, -0.2) is 4.98 Å². The molecule has 0 fully saturated rings. The molecule has 5 rings (SSSR count). The number of thiazole rings is 1. The standard InChI is InChI=1S/C32H28N4O4S/c1-36(25-13-16-29-27(19-25)33-20-41-29)32(39)28(17-21-7-4-3-5-8-21)35-31(38)23-10-6-9-22(18-23)30(37)34-24-11-14-26(40-2)15-12-24/h3-16,18-20,28H,17H2,1-2H3,(H,34,37)(H,35,38)/t28-/m0/s1. The third kappa shape index (κ3) is 6.59. The van der Waals surface area contributed by atoms with Crippen molar-refractivity contribution in [1.82, 2.24) is 10.3 Å². The minimum Gasteiger partial charge on any atom is -0.497 e. The number of hydrogen-bond acceptors (Lipinski definition) is 6. The summed E-state index contributed by atoms with van der Waals surface area (Å²) in [5.41, 5.74) is 5.33. The van der Waals surface area contributed by atoms with E-state index in [0.717, 1.165) is 15.8 Å². The van der Waals surface area contributed by atoms with E-state index in [1.165, 1.54) is 22.3 Å². The summed E-state index contributed by atoms with van der Waals surface area (Å²) in [4.78, 5) is 45.9. The molecule has 3 amide bonds. The van der Waals surface area contributed by atoms with Crippen molar-refractivity contribution in [3.8, 4) is 5.75 Å². The van der Waals surface area contributed by atoms with Crippen molar-refractivity contribution in [3.05, 3.63) is 119 Å². The van der Waals surface area contributed by atoms with Gasteiger partial charge >= 0.3 is 0 Å². The summed E-state index contributed by atoms with van der Waals surface area (Å²) in [5, 5.41) is 5.72. The predicted molar refractivity (Wildman–Crippen MR) is 162 cm³/mol. The van der Waals surface area contributed by atoms with Crippen LogP contribution in [0.2, 0.25) is 0 Å². The van der Waals surface area contributed by atoms with E-state index in [9.17, 15) is 14.4 Å². The Labute approximate surface area is 241 Å². The van der Waals surface area contributed by atoms with E-state index in [2.05, 4.69) is 15.6 Å². The molecule has 0 saturated heterocycles. The number of nitrogens with zero attached hydrogens (tertiary/aromatic N) is 2. The summed E-state index contributed by atoms with van der Waals surface area (Å²) in [6.45, 7) is 0. The highest BCUT2D eigenvalue weighted by Gasteiger charge is 2.26. The van der Waals surface area contributed by atoms with Crippen molar-refractivity contribution >= 4 is 50.6 Å². The molecule has 206 valence electrons. The van der Waals surface area contributed by atoms with Crippen LogP contribution in [0.1, 0.15) is 26.3 Å². The zero-order valence-electron chi connectivity index (χ0n) is 22.5. The van der Waals surface area contributed by atoms with Crippen LogP contribution >= 0.6 is 11.3 Å². The van der Waals surface area contributed by atoms with Gasteiger partial charge in [0, 0.05) is 36.0 Å². The molecule has 0 spiro atoms. The molecule has 0 aliphatic heterocycles. The van der Waals surface area contributed by atoms with Gasteiger partial charge in [-0.3, -0.25) is 14.4 Å². The molecule has 2 N–H and O–H groups in total. The van der Waals surface area contributed by atoms with E-state index in [1.54, 1.807) is 62.1 Å².